The number of carbonyl (C=O) groups excluding carboxylic acids is 4. The molecular weight excluding hydrogens is 378 g/mol. The summed E-state index contributed by atoms with van der Waals surface area (Å²) in [6.45, 7) is -0.479. The number of rotatable bonds is 5. The Hall–Kier alpha value is -3.72. The first-order valence-electron chi connectivity index (χ1n) is 8.92. The van der Waals surface area contributed by atoms with E-state index in [1.807, 2.05) is 0 Å². The zero-order valence-corrected chi connectivity index (χ0v) is 15.2. The number of ether oxygens (including phenoxy) is 1. The van der Waals surface area contributed by atoms with Crippen molar-refractivity contribution in [3.8, 4) is 0 Å². The van der Waals surface area contributed by atoms with E-state index in [-0.39, 0.29) is 13.1 Å². The van der Waals surface area contributed by atoms with Crippen molar-refractivity contribution in [3.63, 3.8) is 0 Å². The lowest BCUT2D eigenvalue weighted by atomic mass is 10.1. The maximum absolute atomic E-state index is 12.5. The summed E-state index contributed by atoms with van der Waals surface area (Å²) in [4.78, 5) is 50.9. The minimum atomic E-state index is -0.654. The van der Waals surface area contributed by atoms with Crippen molar-refractivity contribution in [3.05, 3.63) is 59.7 Å². The van der Waals surface area contributed by atoms with Gasteiger partial charge in [0.15, 0.2) is 0 Å². The Morgan fingerprint density at radius 1 is 1.03 bits per heavy atom. The van der Waals surface area contributed by atoms with Gasteiger partial charge in [0.2, 0.25) is 5.91 Å². The van der Waals surface area contributed by atoms with Crippen molar-refractivity contribution in [1.82, 2.24) is 4.90 Å². The molecule has 9 heteroatoms. The number of hydrogen-bond donors (Lipinski definition) is 2. The van der Waals surface area contributed by atoms with E-state index >= 15 is 0 Å². The van der Waals surface area contributed by atoms with Gasteiger partial charge in [0.1, 0.15) is 12.7 Å². The van der Waals surface area contributed by atoms with Gasteiger partial charge in [0.25, 0.3) is 11.8 Å². The predicted octanol–water partition coefficient (Wildman–Crippen LogP) is 1.24. The van der Waals surface area contributed by atoms with E-state index in [2.05, 4.69) is 5.32 Å². The van der Waals surface area contributed by atoms with Crippen LogP contribution in [0.4, 0.5) is 16.2 Å². The van der Waals surface area contributed by atoms with Crippen LogP contribution in [0.2, 0.25) is 0 Å². The summed E-state index contributed by atoms with van der Waals surface area (Å²) in [7, 11) is 0. The molecule has 0 bridgehead atoms. The molecule has 29 heavy (non-hydrogen) atoms. The third-order valence-corrected chi connectivity index (χ3v) is 4.74. The lowest BCUT2D eigenvalue weighted by molar-refractivity contribution is -0.118. The number of hydrogen-bond acceptors (Lipinski definition) is 6. The fourth-order valence-corrected chi connectivity index (χ4v) is 3.36. The Kier molecular flexibility index (Phi) is 4.73. The molecular formula is C20H17N3O6. The Bertz CT molecular complexity index is 969. The van der Waals surface area contributed by atoms with Crippen molar-refractivity contribution in [2.24, 2.45) is 0 Å². The quantitative estimate of drug-likeness (QED) is 0.736. The number of nitrogens with zero attached hydrogens (tertiary/aromatic N) is 2. The molecule has 2 aromatic carbocycles. The fourth-order valence-electron chi connectivity index (χ4n) is 3.36. The molecule has 4 amide bonds. The molecule has 1 atom stereocenters. The van der Waals surface area contributed by atoms with Crippen molar-refractivity contribution in [1.29, 1.82) is 0 Å². The maximum atomic E-state index is 12.5. The molecule has 0 spiro atoms. The molecule has 0 saturated carbocycles. The summed E-state index contributed by atoms with van der Waals surface area (Å²) in [6.07, 6.45) is -1.24. The molecule has 2 aliphatic heterocycles. The highest BCUT2D eigenvalue weighted by atomic mass is 16.6. The molecule has 2 aromatic rings. The molecule has 148 valence electrons. The number of amides is 4. The van der Waals surface area contributed by atoms with E-state index < -0.39 is 36.5 Å². The first-order valence-corrected chi connectivity index (χ1v) is 8.92. The molecule has 0 aliphatic carbocycles. The van der Waals surface area contributed by atoms with Gasteiger partial charge < -0.3 is 15.2 Å². The minimum absolute atomic E-state index is 0.0285. The molecule has 1 fully saturated rings. The second-order valence-electron chi connectivity index (χ2n) is 6.64. The van der Waals surface area contributed by atoms with Gasteiger partial charge in [-0.05, 0) is 36.4 Å². The van der Waals surface area contributed by atoms with Crippen LogP contribution in [0.5, 0.6) is 0 Å². The Balaban J connectivity index is 1.43. The molecule has 9 nitrogen and oxygen atoms in total. The second kappa shape index (κ2) is 7.36. The number of carbonyl (C=O) groups is 4. The highest BCUT2D eigenvalue weighted by Gasteiger charge is 2.40. The average molecular weight is 395 g/mol. The SMILES string of the molecule is O=C(CO)Nc1ccc(N2C[C@H](CN3C(=O)c4ccccc4C3=O)OC2=O)cc1. The highest BCUT2D eigenvalue weighted by Crippen LogP contribution is 2.27. The predicted molar refractivity (Wildman–Crippen MR) is 102 cm³/mol. The van der Waals surface area contributed by atoms with Crippen molar-refractivity contribution < 1.29 is 29.0 Å². The van der Waals surface area contributed by atoms with Crippen LogP contribution in [0.3, 0.4) is 0 Å². The van der Waals surface area contributed by atoms with Gasteiger partial charge >= 0.3 is 6.09 Å². The number of cyclic esters (lactones) is 1. The number of fused-ring (bicyclic) bond motifs is 1. The lowest BCUT2D eigenvalue weighted by Crippen LogP contribution is -2.38. The van der Waals surface area contributed by atoms with E-state index in [0.717, 1.165) is 4.90 Å². The molecule has 1 saturated heterocycles. The standard InChI is InChI=1S/C20H17N3O6/c24-11-17(25)21-12-5-7-13(8-6-12)22-9-14(29-20(22)28)10-23-18(26)15-3-1-2-4-16(15)19(23)27/h1-8,14,24H,9-11H2,(H,21,25)/t14-/m1/s1. The van der Waals surface area contributed by atoms with Crippen molar-refractivity contribution in [2.75, 3.05) is 29.9 Å². The van der Waals surface area contributed by atoms with Gasteiger partial charge in [-0.3, -0.25) is 24.2 Å². The number of aliphatic hydroxyl groups excluding tert-OH is 1. The van der Waals surface area contributed by atoms with Gasteiger partial charge in [-0.15, -0.1) is 0 Å². The summed E-state index contributed by atoms with van der Waals surface area (Å²) >= 11 is 0. The third kappa shape index (κ3) is 3.43. The highest BCUT2D eigenvalue weighted by molar-refractivity contribution is 6.21. The van der Waals surface area contributed by atoms with Crippen molar-refractivity contribution in [2.45, 2.75) is 6.10 Å². The van der Waals surface area contributed by atoms with Crippen LogP contribution in [0, 0.1) is 0 Å². The molecule has 2 heterocycles. The monoisotopic (exact) mass is 395 g/mol. The Morgan fingerprint density at radius 3 is 2.24 bits per heavy atom. The number of imide groups is 1. The van der Waals surface area contributed by atoms with E-state index in [4.69, 9.17) is 9.84 Å². The number of aliphatic hydroxyl groups is 1. The lowest BCUT2D eigenvalue weighted by Gasteiger charge is -2.17. The molecule has 0 unspecified atom stereocenters. The average Bonchev–Trinajstić information content (AvgIpc) is 3.21. The normalized spacial score (nSPS) is 18.1. The van der Waals surface area contributed by atoms with E-state index in [0.29, 0.717) is 22.5 Å². The van der Waals surface area contributed by atoms with Crippen molar-refractivity contribution >= 4 is 35.2 Å². The van der Waals surface area contributed by atoms with Gasteiger partial charge in [0, 0.05) is 11.4 Å². The van der Waals surface area contributed by atoms with E-state index in [1.165, 1.54) is 4.90 Å². The molecule has 0 aromatic heterocycles. The fraction of sp³-hybridized carbons (Fsp3) is 0.200. The Morgan fingerprint density at radius 2 is 1.66 bits per heavy atom. The summed E-state index contributed by atoms with van der Waals surface area (Å²) in [5.74, 6) is -1.34. The first-order chi connectivity index (χ1) is 14.0. The van der Waals surface area contributed by atoms with Gasteiger partial charge in [-0.25, -0.2) is 4.79 Å². The van der Waals surface area contributed by atoms with E-state index in [9.17, 15) is 19.2 Å². The van der Waals surface area contributed by atoms with Crippen LogP contribution in [0.1, 0.15) is 20.7 Å². The summed E-state index contributed by atoms with van der Waals surface area (Å²) in [5, 5.41) is 11.3. The van der Waals surface area contributed by atoms with Crippen LogP contribution in [0.25, 0.3) is 0 Å². The second-order valence-corrected chi connectivity index (χ2v) is 6.64. The summed E-state index contributed by atoms with van der Waals surface area (Å²) in [6, 6.07) is 13.0. The zero-order valence-electron chi connectivity index (χ0n) is 15.2. The molecule has 0 radical (unpaired) electrons. The largest absolute Gasteiger partial charge is 0.442 e. The van der Waals surface area contributed by atoms with Crippen LogP contribution in [0.15, 0.2) is 48.5 Å². The molecule has 2 aliphatic rings. The van der Waals surface area contributed by atoms with Crippen LogP contribution in [-0.4, -0.2) is 59.6 Å². The topological polar surface area (TPSA) is 116 Å². The summed E-state index contributed by atoms with van der Waals surface area (Å²) < 4.78 is 5.34. The minimum Gasteiger partial charge on any atom is -0.442 e. The Labute approximate surface area is 165 Å². The van der Waals surface area contributed by atoms with E-state index in [1.54, 1.807) is 48.5 Å². The molecule has 2 N–H and O–H groups in total. The maximum Gasteiger partial charge on any atom is 0.414 e. The van der Waals surface area contributed by atoms with Crippen LogP contribution < -0.4 is 10.2 Å². The smallest absolute Gasteiger partial charge is 0.414 e. The van der Waals surface area contributed by atoms with Gasteiger partial charge in [-0.2, -0.15) is 0 Å². The third-order valence-electron chi connectivity index (χ3n) is 4.74. The first kappa shape index (κ1) is 18.6. The van der Waals surface area contributed by atoms with Gasteiger partial charge in [-0.1, -0.05) is 12.1 Å². The summed E-state index contributed by atoms with van der Waals surface area (Å²) in [5.41, 5.74) is 1.71. The number of benzene rings is 2. The van der Waals surface area contributed by atoms with Crippen LogP contribution >= 0.6 is 0 Å². The zero-order chi connectivity index (χ0) is 20.5. The number of nitrogens with one attached hydrogen (secondary N) is 1. The van der Waals surface area contributed by atoms with Gasteiger partial charge in [0.05, 0.1) is 24.2 Å². The van der Waals surface area contributed by atoms with Crippen LogP contribution in [-0.2, 0) is 9.53 Å². The number of anilines is 2. The molecule has 4 rings (SSSR count).